The maximum Gasteiger partial charge on any atom is 0.487 e. The quantitative estimate of drug-likeness (QED) is 0.0497. The number of nitrogens with two attached hydrogens (primary N) is 2. The molecule has 0 radical (unpaired) electrons. The molecule has 11 atom stereocenters. The van der Waals surface area contributed by atoms with E-state index in [4.69, 9.17) is 20.9 Å². The molecule has 4 aromatic heterocycles. The van der Waals surface area contributed by atoms with Gasteiger partial charge < -0.3 is 56.0 Å². The Kier molecular flexibility index (Phi) is 10.6. The first-order valence-electron chi connectivity index (χ1n) is 14.4. The number of imidazole rings is 2. The molecule has 2 aliphatic rings. The highest BCUT2D eigenvalue weighted by atomic mass is 32.7. The van der Waals surface area contributed by atoms with E-state index >= 15 is 0 Å². The molecule has 6 rings (SSSR count). The van der Waals surface area contributed by atoms with Crippen LogP contribution in [0, 0.1) is 0 Å². The molecule has 5 unspecified atom stereocenters. The van der Waals surface area contributed by atoms with Crippen LogP contribution in [0.1, 0.15) is 12.5 Å². The van der Waals surface area contributed by atoms with Crippen molar-refractivity contribution in [3.8, 4) is 0 Å². The number of hydrogen-bond acceptors (Lipinski definition) is 20. The number of nitrogens with one attached hydrogen (secondary N) is 2. The molecule has 52 heavy (non-hydrogen) atoms. The number of nitrogen functional groups attached to an aromatic ring is 2. The fourth-order valence-corrected chi connectivity index (χ4v) is 13.9. The second-order valence-electron chi connectivity index (χ2n) is 11.3. The second-order valence-corrected chi connectivity index (χ2v) is 20.9. The summed E-state index contributed by atoms with van der Waals surface area (Å²) in [5.41, 5.74) is 9.63. The highest BCUT2D eigenvalue weighted by Gasteiger charge is 2.50. The number of anilines is 2. The largest absolute Gasteiger partial charge is 0.487 e. The minimum absolute atomic E-state index is 0.0216. The minimum atomic E-state index is -5.79. The van der Waals surface area contributed by atoms with Crippen LogP contribution in [0.15, 0.2) is 22.2 Å². The van der Waals surface area contributed by atoms with Crippen molar-refractivity contribution in [2.45, 2.75) is 49.1 Å². The van der Waals surface area contributed by atoms with Crippen LogP contribution in [0.5, 0.6) is 0 Å². The number of phosphoric acid groups is 1. The van der Waals surface area contributed by atoms with E-state index in [1.807, 2.05) is 0 Å². The summed E-state index contributed by atoms with van der Waals surface area (Å²) in [5.74, 6) is -1.82. The van der Waals surface area contributed by atoms with Gasteiger partial charge in [-0.1, -0.05) is 4.98 Å². The third kappa shape index (κ3) is 7.74. The monoisotopic (exact) mass is 835 g/mol. The third-order valence-corrected chi connectivity index (χ3v) is 16.6. The zero-order valence-electron chi connectivity index (χ0n) is 26.0. The van der Waals surface area contributed by atoms with E-state index in [0.717, 1.165) is 10.9 Å². The molecule has 2 fully saturated rings. The third-order valence-electron chi connectivity index (χ3n) is 7.68. The summed E-state index contributed by atoms with van der Waals surface area (Å²) >= 11 is -0.0977. The second kappa shape index (κ2) is 14.2. The van der Waals surface area contributed by atoms with Gasteiger partial charge in [0.25, 0.3) is 17.1 Å². The Bertz CT molecular complexity index is 2290. The molecule has 4 aromatic rings. The van der Waals surface area contributed by atoms with E-state index in [0.29, 0.717) is 0 Å². The normalized spacial score (nSPS) is 30.1. The molecular weight excluding hydrogens is 805 g/mol. The van der Waals surface area contributed by atoms with Gasteiger partial charge in [-0.3, -0.25) is 28.7 Å². The lowest BCUT2D eigenvalue weighted by atomic mass is 10.1. The van der Waals surface area contributed by atoms with Crippen molar-refractivity contribution in [3.05, 3.63) is 33.4 Å². The molecule has 286 valence electrons. The minimum Gasteiger partial charge on any atom is -0.387 e. The lowest BCUT2D eigenvalue weighted by Crippen LogP contribution is -2.46. The number of aryl methyl sites for hydroxylation is 1. The lowest BCUT2D eigenvalue weighted by molar-refractivity contribution is -0.745. The Morgan fingerprint density at radius 2 is 1.44 bits per heavy atom. The molecule has 0 saturated carbocycles. The number of aromatic amines is 2. The summed E-state index contributed by atoms with van der Waals surface area (Å²) in [6.45, 7) is -10.5. The van der Waals surface area contributed by atoms with Gasteiger partial charge in [-0.2, -0.15) is 13.6 Å². The van der Waals surface area contributed by atoms with Crippen molar-refractivity contribution in [1.29, 1.82) is 0 Å². The van der Waals surface area contributed by atoms with Crippen molar-refractivity contribution >= 4 is 78.4 Å². The molecule has 0 spiro atoms. The topological polar surface area (TPSA) is 400 Å². The van der Waals surface area contributed by atoms with Crippen molar-refractivity contribution in [1.82, 2.24) is 34.1 Å². The number of ether oxygens (including phenoxy) is 2. The molecule has 26 nitrogen and oxygen atoms in total. The van der Waals surface area contributed by atoms with Crippen LogP contribution < -0.4 is 27.2 Å². The fourth-order valence-electron chi connectivity index (χ4n) is 5.44. The van der Waals surface area contributed by atoms with E-state index in [1.165, 1.54) is 22.5 Å². The summed E-state index contributed by atoms with van der Waals surface area (Å²) in [6.07, 6.45) is -9.94. The van der Waals surface area contributed by atoms with Gasteiger partial charge in [0.2, 0.25) is 17.7 Å². The number of nitrogens with zero attached hydrogens (tertiary/aromatic N) is 6. The van der Waals surface area contributed by atoms with Crippen LogP contribution in [-0.4, -0.2) is 117 Å². The molecular formula is C21H30N10O16P3S2+. The van der Waals surface area contributed by atoms with Crippen LogP contribution in [0.3, 0.4) is 0 Å². The Balaban J connectivity index is 1.05. The summed E-state index contributed by atoms with van der Waals surface area (Å²) in [6, 6.07) is 0. The Morgan fingerprint density at radius 1 is 0.885 bits per heavy atom. The fraction of sp³-hybridized carbons (Fsp3) is 0.524. The van der Waals surface area contributed by atoms with Crippen molar-refractivity contribution < 1.29 is 71.5 Å². The standard InChI is InChI=1S/C21H29N10O16P3S2/c1-29-5-31(15-9(29)17(37)28-21(23)26-15)19-13(35)11(33)7(45-19)3-52-50(42,43)47-48(38,39)46-49(40,41)51-2-6-10(32)12(34)18(44-6)30-4-24-8-14(30)25-20(22)27-16(8)36/h4-7,10-13,18-19,32-35H,2-3H2,1H3,(H8-,22,23,25,26,27,28,36,37,38,39,40,41,42,43)/p+1/t6-,7-,10+,11?,12?,13+,18-,19-/m1/s1. The van der Waals surface area contributed by atoms with Gasteiger partial charge in [-0.05, 0) is 22.8 Å². The van der Waals surface area contributed by atoms with Gasteiger partial charge in [0, 0.05) is 11.5 Å². The van der Waals surface area contributed by atoms with Crippen LogP contribution in [0.25, 0.3) is 22.3 Å². The number of H-pyrrole nitrogens is 2. The maximum absolute atomic E-state index is 12.7. The van der Waals surface area contributed by atoms with Crippen LogP contribution in [-0.2, 0) is 38.8 Å². The SMILES string of the molecule is Cn1c[n+]([C@@H]2O[C@H](CSP(=O)(O)OP(=O)(O)OP(=O)(O)SC[C@H]3O[C@@H](n4cnc5c(=O)[nH]c(N)nc54)C(O)[C@H]3O)C(O)[C@@H]2O)c2nc(N)[nH]c(=O)c21. The number of aromatic nitrogens is 8. The molecule has 2 saturated heterocycles. The predicted molar refractivity (Wildman–Crippen MR) is 177 cm³/mol. The first-order valence-corrected chi connectivity index (χ1v) is 22.2. The van der Waals surface area contributed by atoms with Gasteiger partial charge >= 0.3 is 27.1 Å². The molecule has 2 aliphatic heterocycles. The number of aliphatic hydroxyl groups excluding tert-OH is 4. The van der Waals surface area contributed by atoms with Gasteiger partial charge in [0.15, 0.2) is 23.7 Å². The molecule has 31 heteroatoms. The molecule has 0 amide bonds. The molecule has 0 bridgehead atoms. The molecule has 0 aromatic carbocycles. The predicted octanol–water partition coefficient (Wildman–Crippen LogP) is -3.11. The van der Waals surface area contributed by atoms with E-state index in [-0.39, 0.29) is 57.0 Å². The first-order chi connectivity index (χ1) is 24.2. The van der Waals surface area contributed by atoms with Crippen LogP contribution in [0.4, 0.5) is 11.9 Å². The zero-order chi connectivity index (χ0) is 38.1. The van der Waals surface area contributed by atoms with Crippen molar-refractivity contribution in [3.63, 3.8) is 0 Å². The Hall–Kier alpha value is -2.75. The Morgan fingerprint density at radius 3 is 2.08 bits per heavy atom. The van der Waals surface area contributed by atoms with E-state index < -0.39 is 93.1 Å². The number of fused-ring (bicyclic) bond motifs is 2. The summed E-state index contributed by atoms with van der Waals surface area (Å²) < 4.78 is 61.4. The number of aliphatic hydroxyl groups is 4. The maximum atomic E-state index is 12.7. The average Bonchev–Trinajstić information content (AvgIpc) is 3.74. The first kappa shape index (κ1) is 39.0. The Labute approximate surface area is 295 Å². The van der Waals surface area contributed by atoms with E-state index in [2.05, 4.69) is 33.5 Å². The van der Waals surface area contributed by atoms with Crippen LogP contribution >= 0.6 is 44.2 Å². The average molecular weight is 836 g/mol. The van der Waals surface area contributed by atoms with Crippen molar-refractivity contribution in [2.24, 2.45) is 7.05 Å². The van der Waals surface area contributed by atoms with Crippen molar-refractivity contribution in [2.75, 3.05) is 23.0 Å². The highest BCUT2D eigenvalue weighted by molar-refractivity contribution is 8.56. The van der Waals surface area contributed by atoms with E-state index in [1.54, 1.807) is 0 Å². The zero-order valence-corrected chi connectivity index (χ0v) is 30.3. The van der Waals surface area contributed by atoms with Gasteiger partial charge in [-0.25, -0.2) is 23.2 Å². The highest BCUT2D eigenvalue weighted by Crippen LogP contribution is 2.74. The molecule has 6 heterocycles. The lowest BCUT2D eigenvalue weighted by Gasteiger charge is -2.20. The van der Waals surface area contributed by atoms with Gasteiger partial charge in [0.1, 0.15) is 24.4 Å². The van der Waals surface area contributed by atoms with Gasteiger partial charge in [-0.15, -0.1) is 0 Å². The number of rotatable bonds is 12. The van der Waals surface area contributed by atoms with Crippen LogP contribution in [0.2, 0.25) is 0 Å². The summed E-state index contributed by atoms with van der Waals surface area (Å²) in [4.78, 5) is 71.4. The summed E-state index contributed by atoms with van der Waals surface area (Å²) in [5, 5.41) is 42.3. The summed E-state index contributed by atoms with van der Waals surface area (Å²) in [7, 11) is -4.30. The molecule has 13 N–H and O–H groups in total. The van der Waals surface area contributed by atoms with E-state index in [9.17, 15) is 58.4 Å². The van der Waals surface area contributed by atoms with Gasteiger partial charge in [0.05, 0.1) is 25.6 Å². The molecule has 0 aliphatic carbocycles. The smallest absolute Gasteiger partial charge is 0.387 e. The number of hydrogen-bond donors (Lipinski definition) is 11.